The second-order valence-corrected chi connectivity index (χ2v) is 5.11. The van der Waals surface area contributed by atoms with Gasteiger partial charge >= 0.3 is 0 Å². The van der Waals surface area contributed by atoms with Crippen LogP contribution in [0.25, 0.3) is 16.4 Å². The SMILES string of the molecule is Brc1csc(-c2ccnn2-c2ccccc2)n1. The number of halogens is 1. The normalized spacial score (nSPS) is 10.6. The summed E-state index contributed by atoms with van der Waals surface area (Å²) in [5.41, 5.74) is 2.05. The van der Waals surface area contributed by atoms with Gasteiger partial charge in [-0.1, -0.05) is 18.2 Å². The molecule has 84 valence electrons. The summed E-state index contributed by atoms with van der Waals surface area (Å²) in [6, 6.07) is 12.0. The number of hydrogen-bond donors (Lipinski definition) is 0. The van der Waals surface area contributed by atoms with Crippen LogP contribution < -0.4 is 0 Å². The maximum absolute atomic E-state index is 4.41. The maximum Gasteiger partial charge on any atom is 0.143 e. The van der Waals surface area contributed by atoms with Crippen molar-refractivity contribution >= 4 is 27.3 Å². The summed E-state index contributed by atoms with van der Waals surface area (Å²) < 4.78 is 2.75. The molecule has 0 aliphatic rings. The molecule has 0 saturated heterocycles. The summed E-state index contributed by atoms with van der Waals surface area (Å²) in [4.78, 5) is 4.41. The Hall–Kier alpha value is -1.46. The number of para-hydroxylation sites is 1. The highest BCUT2D eigenvalue weighted by Gasteiger charge is 2.10. The first-order valence-corrected chi connectivity index (χ1v) is 6.73. The van der Waals surface area contributed by atoms with Crippen LogP contribution in [0.15, 0.2) is 52.6 Å². The van der Waals surface area contributed by atoms with Gasteiger partial charge in [-0.15, -0.1) is 11.3 Å². The van der Waals surface area contributed by atoms with E-state index in [1.54, 1.807) is 17.5 Å². The summed E-state index contributed by atoms with van der Waals surface area (Å²) in [5, 5.41) is 7.27. The van der Waals surface area contributed by atoms with Crippen LogP contribution in [-0.2, 0) is 0 Å². The number of rotatable bonds is 2. The number of benzene rings is 1. The van der Waals surface area contributed by atoms with E-state index in [2.05, 4.69) is 26.0 Å². The van der Waals surface area contributed by atoms with E-state index in [0.29, 0.717) is 0 Å². The Morgan fingerprint density at radius 1 is 1.12 bits per heavy atom. The van der Waals surface area contributed by atoms with Crippen LogP contribution >= 0.6 is 27.3 Å². The fraction of sp³-hybridized carbons (Fsp3) is 0. The van der Waals surface area contributed by atoms with Crippen LogP contribution in [0.1, 0.15) is 0 Å². The second kappa shape index (κ2) is 4.43. The third-order valence-corrected chi connectivity index (χ3v) is 3.91. The highest BCUT2D eigenvalue weighted by molar-refractivity contribution is 9.10. The Morgan fingerprint density at radius 2 is 1.94 bits per heavy atom. The first-order valence-electron chi connectivity index (χ1n) is 5.05. The van der Waals surface area contributed by atoms with Crippen LogP contribution in [-0.4, -0.2) is 14.8 Å². The molecule has 0 N–H and O–H groups in total. The van der Waals surface area contributed by atoms with Crippen molar-refractivity contribution in [2.45, 2.75) is 0 Å². The third-order valence-electron chi connectivity index (χ3n) is 2.34. The van der Waals surface area contributed by atoms with Crippen LogP contribution in [0.4, 0.5) is 0 Å². The molecule has 3 aromatic rings. The zero-order valence-corrected chi connectivity index (χ0v) is 11.1. The van der Waals surface area contributed by atoms with E-state index in [-0.39, 0.29) is 0 Å². The van der Waals surface area contributed by atoms with Crippen molar-refractivity contribution < 1.29 is 0 Å². The molecule has 5 heteroatoms. The molecule has 0 saturated carbocycles. The van der Waals surface area contributed by atoms with Gasteiger partial charge in [0.15, 0.2) is 0 Å². The third kappa shape index (κ3) is 2.03. The highest BCUT2D eigenvalue weighted by atomic mass is 79.9. The molecule has 1 aromatic carbocycles. The van der Waals surface area contributed by atoms with Gasteiger partial charge in [0.25, 0.3) is 0 Å². The molecule has 0 atom stereocenters. The maximum atomic E-state index is 4.41. The first-order chi connectivity index (χ1) is 8.34. The van der Waals surface area contributed by atoms with Gasteiger partial charge in [0.2, 0.25) is 0 Å². The van der Waals surface area contributed by atoms with Crippen molar-refractivity contribution in [1.29, 1.82) is 0 Å². The molecular formula is C12H8BrN3S. The fourth-order valence-electron chi connectivity index (χ4n) is 1.61. The monoisotopic (exact) mass is 305 g/mol. The molecule has 3 rings (SSSR count). The lowest BCUT2D eigenvalue weighted by atomic mass is 10.3. The van der Waals surface area contributed by atoms with Gasteiger partial charge in [0, 0.05) is 5.38 Å². The van der Waals surface area contributed by atoms with Gasteiger partial charge in [-0.3, -0.25) is 0 Å². The molecule has 0 fully saturated rings. The Balaban J connectivity index is 2.12. The van der Waals surface area contributed by atoms with Crippen LogP contribution in [0.5, 0.6) is 0 Å². The molecule has 0 unspecified atom stereocenters. The van der Waals surface area contributed by atoms with Gasteiger partial charge in [-0.25, -0.2) is 9.67 Å². The summed E-state index contributed by atoms with van der Waals surface area (Å²) >= 11 is 4.97. The van der Waals surface area contributed by atoms with Gasteiger partial charge < -0.3 is 0 Å². The van der Waals surface area contributed by atoms with Crippen molar-refractivity contribution in [3.63, 3.8) is 0 Å². The van der Waals surface area contributed by atoms with Crippen molar-refractivity contribution in [2.24, 2.45) is 0 Å². The van der Waals surface area contributed by atoms with Crippen molar-refractivity contribution in [2.75, 3.05) is 0 Å². The number of thiazole rings is 1. The predicted octanol–water partition coefficient (Wildman–Crippen LogP) is 3.76. The zero-order chi connectivity index (χ0) is 11.7. The van der Waals surface area contributed by atoms with E-state index in [9.17, 15) is 0 Å². The lowest BCUT2D eigenvalue weighted by Crippen LogP contribution is -1.97. The quantitative estimate of drug-likeness (QED) is 0.722. The Kier molecular flexibility index (Phi) is 2.78. The first kappa shape index (κ1) is 10.7. The van der Waals surface area contributed by atoms with Gasteiger partial charge in [0.1, 0.15) is 15.3 Å². The molecule has 0 amide bonds. The topological polar surface area (TPSA) is 30.7 Å². The Labute approximate surface area is 111 Å². The van der Waals surface area contributed by atoms with Gasteiger partial charge in [0.05, 0.1) is 11.9 Å². The average Bonchev–Trinajstić information content (AvgIpc) is 2.98. The van der Waals surface area contributed by atoms with Crippen molar-refractivity contribution in [3.8, 4) is 16.4 Å². The molecule has 3 nitrogen and oxygen atoms in total. The van der Waals surface area contributed by atoms with E-state index >= 15 is 0 Å². The average molecular weight is 306 g/mol. The molecule has 0 bridgehead atoms. The van der Waals surface area contributed by atoms with Crippen molar-refractivity contribution in [1.82, 2.24) is 14.8 Å². The molecule has 2 heterocycles. The minimum atomic E-state index is 0.860. The van der Waals surface area contributed by atoms with Crippen LogP contribution in [0, 0.1) is 0 Å². The van der Waals surface area contributed by atoms with Gasteiger partial charge in [-0.2, -0.15) is 5.10 Å². The Morgan fingerprint density at radius 3 is 2.65 bits per heavy atom. The summed E-state index contributed by atoms with van der Waals surface area (Å²) in [5.74, 6) is 0. The van der Waals surface area contributed by atoms with Crippen LogP contribution in [0.2, 0.25) is 0 Å². The summed E-state index contributed by atoms with van der Waals surface area (Å²) in [6.45, 7) is 0. The molecule has 2 aromatic heterocycles. The van der Waals surface area contributed by atoms with Crippen LogP contribution in [0.3, 0.4) is 0 Å². The number of aromatic nitrogens is 3. The lowest BCUT2D eigenvalue weighted by Gasteiger charge is -2.04. The molecule has 0 radical (unpaired) electrons. The van der Waals surface area contributed by atoms with E-state index in [4.69, 9.17) is 0 Å². The minimum Gasteiger partial charge on any atom is -0.231 e. The summed E-state index contributed by atoms with van der Waals surface area (Å²) in [6.07, 6.45) is 1.79. The minimum absolute atomic E-state index is 0.860. The largest absolute Gasteiger partial charge is 0.231 e. The van der Waals surface area contributed by atoms with E-state index < -0.39 is 0 Å². The molecular weight excluding hydrogens is 298 g/mol. The standard InChI is InChI=1S/C12H8BrN3S/c13-11-8-17-12(15-11)10-6-7-14-16(10)9-4-2-1-3-5-9/h1-8H. The number of hydrogen-bond acceptors (Lipinski definition) is 3. The fourth-order valence-corrected chi connectivity index (χ4v) is 2.87. The molecule has 0 aliphatic carbocycles. The smallest absolute Gasteiger partial charge is 0.143 e. The van der Waals surface area contributed by atoms with Crippen molar-refractivity contribution in [3.05, 3.63) is 52.6 Å². The molecule has 17 heavy (non-hydrogen) atoms. The summed E-state index contributed by atoms with van der Waals surface area (Å²) in [7, 11) is 0. The zero-order valence-electron chi connectivity index (χ0n) is 8.75. The Bertz CT molecular complexity index is 630. The van der Waals surface area contributed by atoms with E-state index in [0.717, 1.165) is 21.0 Å². The second-order valence-electron chi connectivity index (χ2n) is 3.44. The molecule has 0 spiro atoms. The number of nitrogens with zero attached hydrogens (tertiary/aromatic N) is 3. The predicted molar refractivity (Wildman–Crippen MR) is 72.4 cm³/mol. The van der Waals surface area contributed by atoms with E-state index in [1.165, 1.54) is 0 Å². The molecule has 0 aliphatic heterocycles. The lowest BCUT2D eigenvalue weighted by molar-refractivity contribution is 0.886. The van der Waals surface area contributed by atoms with Gasteiger partial charge in [-0.05, 0) is 34.1 Å². The highest BCUT2D eigenvalue weighted by Crippen LogP contribution is 2.27. The van der Waals surface area contributed by atoms with E-state index in [1.807, 2.05) is 46.5 Å².